The minimum atomic E-state index is 0.959. The third-order valence-electron chi connectivity index (χ3n) is 2.28. The summed E-state index contributed by atoms with van der Waals surface area (Å²) in [5.41, 5.74) is 2.10. The second kappa shape index (κ2) is 6.97. The molecule has 2 heteroatoms. The Balaban J connectivity index is 1.86. The topological polar surface area (TPSA) is 25.8 Å². The maximum Gasteiger partial charge on any atom is 0.0629 e. The summed E-state index contributed by atoms with van der Waals surface area (Å²) in [7, 11) is 0. The van der Waals surface area contributed by atoms with E-state index in [4.69, 9.17) is 0 Å². The highest BCUT2D eigenvalue weighted by Crippen LogP contribution is 1.99. The molecule has 0 saturated heterocycles. The summed E-state index contributed by atoms with van der Waals surface area (Å²) in [6.45, 7) is 0. The van der Waals surface area contributed by atoms with Crippen LogP contribution in [0.25, 0.3) is 12.2 Å². The van der Waals surface area contributed by atoms with Crippen LogP contribution in [0.3, 0.4) is 0 Å². The molecular weight excluding hydrogens is 220 g/mol. The zero-order valence-corrected chi connectivity index (χ0v) is 9.98. The first-order valence-corrected chi connectivity index (χ1v) is 5.77. The lowest BCUT2D eigenvalue weighted by molar-refractivity contribution is 1.30. The largest absolute Gasteiger partial charge is 0.265 e. The van der Waals surface area contributed by atoms with Crippen molar-refractivity contribution in [3.63, 3.8) is 0 Å². The maximum absolute atomic E-state index is 4.20. The van der Waals surface area contributed by atoms with Gasteiger partial charge in [-0.1, -0.05) is 36.4 Å². The standard InChI is InChI=1S/C16H14N2/c1(3-7-15-10-13-17-14-11-15)2-4-8-16-9-5-6-12-18-16/h1-14H. The first kappa shape index (κ1) is 12.0. The summed E-state index contributed by atoms with van der Waals surface area (Å²) in [6.07, 6.45) is 17.3. The first-order valence-electron chi connectivity index (χ1n) is 5.77. The summed E-state index contributed by atoms with van der Waals surface area (Å²) < 4.78 is 0. The van der Waals surface area contributed by atoms with Crippen LogP contribution in [-0.4, -0.2) is 9.97 Å². The fourth-order valence-corrected chi connectivity index (χ4v) is 1.40. The lowest BCUT2D eigenvalue weighted by Crippen LogP contribution is -1.74. The molecule has 0 aromatic carbocycles. The normalized spacial score (nSPS) is 11.8. The molecule has 2 aromatic rings. The number of hydrogen-bond acceptors (Lipinski definition) is 2. The Hall–Kier alpha value is -2.48. The Morgan fingerprint density at radius 1 is 0.722 bits per heavy atom. The summed E-state index contributed by atoms with van der Waals surface area (Å²) in [6, 6.07) is 9.78. The van der Waals surface area contributed by atoms with E-state index in [1.165, 1.54) is 0 Å². The molecule has 0 unspecified atom stereocenters. The Bertz CT molecular complexity index is 488. The third kappa shape index (κ3) is 4.18. The second-order valence-electron chi connectivity index (χ2n) is 3.64. The van der Waals surface area contributed by atoms with E-state index in [1.54, 1.807) is 18.6 Å². The monoisotopic (exact) mass is 234 g/mol. The van der Waals surface area contributed by atoms with E-state index in [2.05, 4.69) is 9.97 Å². The maximum atomic E-state index is 4.20. The highest BCUT2D eigenvalue weighted by Gasteiger charge is 1.81. The van der Waals surface area contributed by atoms with Crippen molar-refractivity contribution in [2.45, 2.75) is 0 Å². The molecule has 0 amide bonds. The van der Waals surface area contributed by atoms with Crippen LogP contribution in [0.1, 0.15) is 11.3 Å². The zero-order valence-electron chi connectivity index (χ0n) is 9.98. The van der Waals surface area contributed by atoms with Crippen molar-refractivity contribution in [1.82, 2.24) is 9.97 Å². The summed E-state index contributed by atoms with van der Waals surface area (Å²) >= 11 is 0. The van der Waals surface area contributed by atoms with Gasteiger partial charge in [0.25, 0.3) is 0 Å². The molecule has 0 spiro atoms. The van der Waals surface area contributed by atoms with Crippen LogP contribution in [-0.2, 0) is 0 Å². The van der Waals surface area contributed by atoms with Gasteiger partial charge in [-0.25, -0.2) is 0 Å². The molecule has 0 bridgehead atoms. The summed E-state index contributed by atoms with van der Waals surface area (Å²) in [5, 5.41) is 0. The van der Waals surface area contributed by atoms with Crippen molar-refractivity contribution >= 4 is 12.2 Å². The van der Waals surface area contributed by atoms with Gasteiger partial charge in [0.15, 0.2) is 0 Å². The Morgan fingerprint density at radius 2 is 1.50 bits per heavy atom. The number of allylic oxidation sites excluding steroid dienone is 4. The zero-order chi connectivity index (χ0) is 12.5. The molecule has 2 nitrogen and oxygen atoms in total. The lowest BCUT2D eigenvalue weighted by atomic mass is 10.2. The Labute approximate surface area is 107 Å². The smallest absolute Gasteiger partial charge is 0.0629 e. The summed E-state index contributed by atoms with van der Waals surface area (Å²) in [5.74, 6) is 0. The van der Waals surface area contributed by atoms with Crippen LogP contribution in [0, 0.1) is 0 Å². The van der Waals surface area contributed by atoms with Crippen LogP contribution >= 0.6 is 0 Å². The number of nitrogens with zero attached hydrogens (tertiary/aromatic N) is 2. The number of aromatic nitrogens is 2. The molecule has 0 radical (unpaired) electrons. The van der Waals surface area contributed by atoms with E-state index in [-0.39, 0.29) is 0 Å². The van der Waals surface area contributed by atoms with Gasteiger partial charge in [0, 0.05) is 18.6 Å². The van der Waals surface area contributed by atoms with Gasteiger partial charge in [0.05, 0.1) is 5.69 Å². The van der Waals surface area contributed by atoms with Crippen LogP contribution in [0.15, 0.2) is 73.2 Å². The van der Waals surface area contributed by atoms with Gasteiger partial charge in [-0.15, -0.1) is 0 Å². The van der Waals surface area contributed by atoms with Crippen molar-refractivity contribution in [2.24, 2.45) is 0 Å². The van der Waals surface area contributed by atoms with Crippen molar-refractivity contribution in [2.75, 3.05) is 0 Å². The molecule has 2 heterocycles. The van der Waals surface area contributed by atoms with Crippen molar-refractivity contribution in [3.05, 3.63) is 84.5 Å². The van der Waals surface area contributed by atoms with Gasteiger partial charge < -0.3 is 0 Å². The van der Waals surface area contributed by atoms with Crippen LogP contribution < -0.4 is 0 Å². The van der Waals surface area contributed by atoms with Gasteiger partial charge in [0.2, 0.25) is 0 Å². The quantitative estimate of drug-likeness (QED) is 0.753. The van der Waals surface area contributed by atoms with Gasteiger partial charge >= 0.3 is 0 Å². The first-order chi connectivity index (χ1) is 8.95. The van der Waals surface area contributed by atoms with Gasteiger partial charge in [-0.2, -0.15) is 0 Å². The van der Waals surface area contributed by atoms with E-state index < -0.39 is 0 Å². The van der Waals surface area contributed by atoms with Crippen LogP contribution in [0.4, 0.5) is 0 Å². The van der Waals surface area contributed by atoms with Gasteiger partial charge in [-0.3, -0.25) is 9.97 Å². The fourth-order valence-electron chi connectivity index (χ4n) is 1.40. The molecule has 0 aliphatic heterocycles. The van der Waals surface area contributed by atoms with Crippen LogP contribution in [0.5, 0.6) is 0 Å². The molecule has 0 aliphatic rings. The van der Waals surface area contributed by atoms with E-state index in [1.807, 2.05) is 66.8 Å². The van der Waals surface area contributed by atoms with Gasteiger partial charge in [0.1, 0.15) is 0 Å². The van der Waals surface area contributed by atoms with E-state index >= 15 is 0 Å². The summed E-state index contributed by atoms with van der Waals surface area (Å²) in [4.78, 5) is 8.17. The Kier molecular flexibility index (Phi) is 4.64. The molecule has 2 rings (SSSR count). The molecule has 2 aromatic heterocycles. The molecule has 0 aliphatic carbocycles. The predicted octanol–water partition coefficient (Wildman–Crippen LogP) is 3.76. The van der Waals surface area contributed by atoms with E-state index in [0.717, 1.165) is 11.3 Å². The number of pyridine rings is 2. The molecular formula is C16H14N2. The molecule has 0 N–H and O–H groups in total. The van der Waals surface area contributed by atoms with E-state index in [0.29, 0.717) is 0 Å². The van der Waals surface area contributed by atoms with E-state index in [9.17, 15) is 0 Å². The molecule has 0 saturated carbocycles. The van der Waals surface area contributed by atoms with Gasteiger partial charge in [-0.05, 0) is 35.9 Å². The molecule has 0 fully saturated rings. The molecule has 88 valence electrons. The van der Waals surface area contributed by atoms with Crippen LogP contribution in [0.2, 0.25) is 0 Å². The predicted molar refractivity (Wildman–Crippen MR) is 75.7 cm³/mol. The molecule has 0 atom stereocenters. The average molecular weight is 234 g/mol. The highest BCUT2D eigenvalue weighted by atomic mass is 14.6. The Morgan fingerprint density at radius 3 is 2.22 bits per heavy atom. The average Bonchev–Trinajstić information content (AvgIpc) is 2.45. The fraction of sp³-hybridized carbons (Fsp3) is 0. The minimum Gasteiger partial charge on any atom is -0.265 e. The minimum absolute atomic E-state index is 0.959. The number of hydrogen-bond donors (Lipinski definition) is 0. The molecule has 18 heavy (non-hydrogen) atoms. The van der Waals surface area contributed by atoms with Crippen molar-refractivity contribution in [3.8, 4) is 0 Å². The lowest BCUT2D eigenvalue weighted by Gasteiger charge is -1.88. The number of rotatable bonds is 4. The van der Waals surface area contributed by atoms with Crippen molar-refractivity contribution in [1.29, 1.82) is 0 Å². The second-order valence-corrected chi connectivity index (χ2v) is 3.64. The SMILES string of the molecule is C(=CC=Cc1ccccn1)C=Cc1ccncc1. The highest BCUT2D eigenvalue weighted by molar-refractivity contribution is 5.51. The third-order valence-corrected chi connectivity index (χ3v) is 2.28. The van der Waals surface area contributed by atoms with Crippen molar-refractivity contribution < 1.29 is 0 Å².